The summed E-state index contributed by atoms with van der Waals surface area (Å²) in [5, 5.41) is 0. The Kier molecular flexibility index (Phi) is 3.71. The number of rotatable bonds is 3. The van der Waals surface area contributed by atoms with Gasteiger partial charge in [0.1, 0.15) is 0 Å². The third-order valence-corrected chi connectivity index (χ3v) is 2.73. The second-order valence-electron chi connectivity index (χ2n) is 2.93. The summed E-state index contributed by atoms with van der Waals surface area (Å²) in [6.45, 7) is 6.70. The van der Waals surface area contributed by atoms with Gasteiger partial charge in [0.05, 0.1) is 13.7 Å². The summed E-state index contributed by atoms with van der Waals surface area (Å²) in [5.74, 6) is -0.918. The van der Waals surface area contributed by atoms with E-state index in [-0.39, 0.29) is 11.4 Å². The molecule has 0 amide bonds. The van der Waals surface area contributed by atoms with Crippen LogP contribution in [-0.4, -0.2) is 21.0 Å². The zero-order valence-corrected chi connectivity index (χ0v) is 9.67. The van der Waals surface area contributed by atoms with Gasteiger partial charge in [0, 0.05) is 0 Å². The predicted octanol–water partition coefficient (Wildman–Crippen LogP) is 2.47. The van der Waals surface area contributed by atoms with Crippen LogP contribution >= 0.6 is 0 Å². The number of benzene rings is 1. The minimum Gasteiger partial charge on any atom is -0.494 e. The standard InChI is InChI=1S/C9H6F3NO4S/c1-13-6-3-4-7(8(5-6)16-2)17-18(14,15)9(10,11)12/h3-5H,2H3. The minimum absolute atomic E-state index is 0.0728. The maximum atomic E-state index is 12.1. The molecule has 0 aliphatic rings. The first-order valence-corrected chi connectivity index (χ1v) is 5.68. The van der Waals surface area contributed by atoms with Crippen molar-refractivity contribution in [2.45, 2.75) is 5.51 Å². The summed E-state index contributed by atoms with van der Waals surface area (Å²) in [5.41, 5.74) is -5.46. The lowest BCUT2D eigenvalue weighted by molar-refractivity contribution is -0.0500. The zero-order valence-electron chi connectivity index (χ0n) is 8.85. The van der Waals surface area contributed by atoms with Gasteiger partial charge in [-0.05, 0) is 12.1 Å². The van der Waals surface area contributed by atoms with E-state index in [1.165, 1.54) is 0 Å². The van der Waals surface area contributed by atoms with Crippen molar-refractivity contribution in [2.24, 2.45) is 0 Å². The Morgan fingerprint density at radius 2 is 1.89 bits per heavy atom. The van der Waals surface area contributed by atoms with Gasteiger partial charge in [0.15, 0.2) is 17.2 Å². The average molecular weight is 281 g/mol. The largest absolute Gasteiger partial charge is 0.534 e. The molecule has 0 fully saturated rings. The van der Waals surface area contributed by atoms with Crippen LogP contribution in [0.1, 0.15) is 0 Å². The van der Waals surface area contributed by atoms with Gasteiger partial charge in [-0.25, -0.2) is 4.85 Å². The molecule has 5 nitrogen and oxygen atoms in total. The van der Waals surface area contributed by atoms with Crippen molar-refractivity contribution in [3.63, 3.8) is 0 Å². The van der Waals surface area contributed by atoms with Gasteiger partial charge in [-0.3, -0.25) is 0 Å². The molecular formula is C9H6F3NO4S. The van der Waals surface area contributed by atoms with Gasteiger partial charge in [-0.15, -0.1) is 0 Å². The average Bonchev–Trinajstić information content (AvgIpc) is 2.27. The van der Waals surface area contributed by atoms with E-state index in [0.717, 1.165) is 25.3 Å². The van der Waals surface area contributed by atoms with E-state index < -0.39 is 21.4 Å². The van der Waals surface area contributed by atoms with Gasteiger partial charge in [-0.1, -0.05) is 6.07 Å². The van der Waals surface area contributed by atoms with E-state index in [2.05, 4.69) is 13.8 Å². The smallest absolute Gasteiger partial charge is 0.494 e. The first kappa shape index (κ1) is 14.1. The second-order valence-corrected chi connectivity index (χ2v) is 4.47. The molecule has 0 spiro atoms. The first-order valence-electron chi connectivity index (χ1n) is 4.27. The fraction of sp³-hybridized carbons (Fsp3) is 0.222. The number of ether oxygens (including phenoxy) is 1. The highest BCUT2D eigenvalue weighted by molar-refractivity contribution is 7.88. The third-order valence-electron chi connectivity index (χ3n) is 1.76. The summed E-state index contributed by atoms with van der Waals surface area (Å²) in [4.78, 5) is 3.01. The Balaban J connectivity index is 3.18. The van der Waals surface area contributed by atoms with Gasteiger partial charge in [-0.2, -0.15) is 21.6 Å². The van der Waals surface area contributed by atoms with E-state index in [9.17, 15) is 21.6 Å². The van der Waals surface area contributed by atoms with Crippen LogP contribution in [-0.2, 0) is 10.1 Å². The van der Waals surface area contributed by atoms with E-state index in [0.29, 0.717) is 0 Å². The van der Waals surface area contributed by atoms with E-state index >= 15 is 0 Å². The first-order chi connectivity index (χ1) is 8.21. The van der Waals surface area contributed by atoms with Crippen molar-refractivity contribution in [1.29, 1.82) is 0 Å². The second kappa shape index (κ2) is 4.73. The number of alkyl halides is 3. The summed E-state index contributed by atoms with van der Waals surface area (Å²) in [6.07, 6.45) is 0. The number of hydrogen-bond acceptors (Lipinski definition) is 4. The number of hydrogen-bond donors (Lipinski definition) is 0. The lowest BCUT2D eigenvalue weighted by atomic mass is 10.3. The number of methoxy groups -OCH3 is 1. The highest BCUT2D eigenvalue weighted by atomic mass is 32.2. The van der Waals surface area contributed by atoms with Crippen molar-refractivity contribution in [3.8, 4) is 11.5 Å². The molecule has 0 saturated heterocycles. The Hall–Kier alpha value is -1.95. The van der Waals surface area contributed by atoms with Crippen LogP contribution in [0.2, 0.25) is 0 Å². The fourth-order valence-electron chi connectivity index (χ4n) is 0.960. The molecule has 1 aromatic carbocycles. The van der Waals surface area contributed by atoms with Crippen LogP contribution in [0.5, 0.6) is 11.5 Å². The Morgan fingerprint density at radius 3 is 2.33 bits per heavy atom. The Bertz CT molecular complexity index is 589. The molecule has 18 heavy (non-hydrogen) atoms. The molecule has 0 aliphatic carbocycles. The van der Waals surface area contributed by atoms with Crippen molar-refractivity contribution in [2.75, 3.05) is 7.11 Å². The van der Waals surface area contributed by atoms with E-state index in [1.807, 2.05) is 0 Å². The number of nitrogens with zero attached hydrogens (tertiary/aromatic N) is 1. The number of halogens is 3. The van der Waals surface area contributed by atoms with Crippen molar-refractivity contribution in [1.82, 2.24) is 0 Å². The molecule has 0 saturated carbocycles. The Morgan fingerprint density at radius 1 is 1.28 bits per heavy atom. The quantitative estimate of drug-likeness (QED) is 0.485. The molecule has 9 heteroatoms. The maximum absolute atomic E-state index is 12.1. The lowest BCUT2D eigenvalue weighted by Gasteiger charge is -2.12. The molecule has 0 N–H and O–H groups in total. The zero-order chi connectivity index (χ0) is 14.0. The molecule has 0 atom stereocenters. The molecule has 98 valence electrons. The fourth-order valence-corrected chi connectivity index (χ4v) is 1.43. The van der Waals surface area contributed by atoms with Crippen LogP contribution in [0.3, 0.4) is 0 Å². The van der Waals surface area contributed by atoms with Crippen LogP contribution in [0, 0.1) is 6.57 Å². The molecule has 1 rings (SSSR count). The topological polar surface area (TPSA) is 57.0 Å². The molecule has 0 unspecified atom stereocenters. The van der Waals surface area contributed by atoms with Crippen LogP contribution in [0.4, 0.5) is 18.9 Å². The maximum Gasteiger partial charge on any atom is 0.534 e. The van der Waals surface area contributed by atoms with Crippen LogP contribution in [0.15, 0.2) is 18.2 Å². The molecule has 0 aliphatic heterocycles. The molecule has 0 aromatic heterocycles. The van der Waals surface area contributed by atoms with Gasteiger partial charge >= 0.3 is 15.6 Å². The van der Waals surface area contributed by atoms with Gasteiger partial charge < -0.3 is 8.92 Å². The molecular weight excluding hydrogens is 275 g/mol. The van der Waals surface area contributed by atoms with Gasteiger partial charge in [0.25, 0.3) is 0 Å². The summed E-state index contributed by atoms with van der Waals surface area (Å²) in [7, 11) is -4.65. The molecule has 0 heterocycles. The van der Waals surface area contributed by atoms with E-state index in [1.54, 1.807) is 0 Å². The normalized spacial score (nSPS) is 11.7. The van der Waals surface area contributed by atoms with Gasteiger partial charge in [0.2, 0.25) is 0 Å². The molecule has 1 aromatic rings. The van der Waals surface area contributed by atoms with Crippen molar-refractivity contribution in [3.05, 3.63) is 29.6 Å². The SMILES string of the molecule is [C-]#[N+]c1ccc(OS(=O)(=O)C(F)(F)F)c(OC)c1. The predicted molar refractivity (Wildman–Crippen MR) is 54.9 cm³/mol. The van der Waals surface area contributed by atoms with Crippen LogP contribution < -0.4 is 8.92 Å². The monoisotopic (exact) mass is 281 g/mol. The lowest BCUT2D eigenvalue weighted by Crippen LogP contribution is -2.28. The summed E-state index contributed by atoms with van der Waals surface area (Å²) < 4.78 is 66.4. The van der Waals surface area contributed by atoms with Crippen molar-refractivity contribution >= 4 is 15.8 Å². The van der Waals surface area contributed by atoms with Crippen LogP contribution in [0.25, 0.3) is 4.85 Å². The highest BCUT2D eigenvalue weighted by Crippen LogP contribution is 2.35. The minimum atomic E-state index is -5.76. The van der Waals surface area contributed by atoms with Crippen molar-refractivity contribution < 1.29 is 30.5 Å². The highest BCUT2D eigenvalue weighted by Gasteiger charge is 2.48. The third kappa shape index (κ3) is 2.84. The Labute approximate surface area is 101 Å². The summed E-state index contributed by atoms with van der Waals surface area (Å²) in [6, 6.07) is 3.08. The summed E-state index contributed by atoms with van der Waals surface area (Å²) >= 11 is 0. The molecule has 0 radical (unpaired) electrons. The molecule has 0 bridgehead atoms. The van der Waals surface area contributed by atoms with E-state index in [4.69, 9.17) is 6.57 Å².